The van der Waals surface area contributed by atoms with Gasteiger partial charge in [0.05, 0.1) is 0 Å². The van der Waals surface area contributed by atoms with Gasteiger partial charge < -0.3 is 11.1 Å². The van der Waals surface area contributed by atoms with Crippen LogP contribution in [-0.2, 0) is 0 Å². The predicted octanol–water partition coefficient (Wildman–Crippen LogP) is 1.63. The number of hydrogen-bond donors (Lipinski definition) is 2. The molecule has 7 nitrogen and oxygen atoms in total. The van der Waals surface area contributed by atoms with Crippen molar-refractivity contribution in [3.8, 4) is 5.95 Å². The van der Waals surface area contributed by atoms with E-state index in [1.165, 1.54) is 25.7 Å². The van der Waals surface area contributed by atoms with Crippen LogP contribution in [0.1, 0.15) is 32.6 Å². The zero-order valence-electron chi connectivity index (χ0n) is 11.6. The lowest BCUT2D eigenvalue weighted by Gasteiger charge is -2.15. The monoisotopic (exact) mass is 273 g/mol. The third-order valence-corrected chi connectivity index (χ3v) is 3.71. The second-order valence-electron chi connectivity index (χ2n) is 5.37. The van der Waals surface area contributed by atoms with Gasteiger partial charge in [-0.15, -0.1) is 0 Å². The molecule has 7 heteroatoms. The summed E-state index contributed by atoms with van der Waals surface area (Å²) in [5, 5.41) is 7.39. The highest BCUT2D eigenvalue weighted by molar-refractivity contribution is 5.35. The summed E-state index contributed by atoms with van der Waals surface area (Å²) in [7, 11) is 0. The lowest BCUT2D eigenvalue weighted by atomic mass is 10.0. The van der Waals surface area contributed by atoms with Crippen LogP contribution in [-0.4, -0.2) is 31.3 Å². The molecule has 0 bridgehead atoms. The first-order valence-electron chi connectivity index (χ1n) is 6.96. The van der Waals surface area contributed by atoms with Crippen LogP contribution in [0, 0.1) is 5.41 Å². The fourth-order valence-corrected chi connectivity index (χ4v) is 2.44. The molecule has 20 heavy (non-hydrogen) atoms. The summed E-state index contributed by atoms with van der Waals surface area (Å²) in [5.74, 6) is 1.16. The fraction of sp³-hybridized carbons (Fsp3) is 0.538. The minimum atomic E-state index is 0.202. The summed E-state index contributed by atoms with van der Waals surface area (Å²) in [6.07, 6.45) is 8.46. The van der Waals surface area contributed by atoms with Crippen LogP contribution >= 0.6 is 0 Å². The highest BCUT2D eigenvalue weighted by atomic mass is 15.4. The van der Waals surface area contributed by atoms with E-state index in [2.05, 4.69) is 32.3 Å². The number of nitrogen functional groups attached to an aromatic ring is 1. The zero-order valence-corrected chi connectivity index (χ0v) is 11.6. The molecule has 1 saturated carbocycles. The average molecular weight is 273 g/mol. The third kappa shape index (κ3) is 2.71. The largest absolute Gasteiger partial charge is 0.368 e. The van der Waals surface area contributed by atoms with E-state index in [9.17, 15) is 0 Å². The van der Waals surface area contributed by atoms with E-state index < -0.39 is 0 Å². The van der Waals surface area contributed by atoms with E-state index in [1.54, 1.807) is 17.1 Å². The summed E-state index contributed by atoms with van der Waals surface area (Å²) in [6.45, 7) is 3.11. The molecule has 3 rings (SSSR count). The van der Waals surface area contributed by atoms with E-state index in [1.807, 2.05) is 6.07 Å². The van der Waals surface area contributed by atoms with E-state index >= 15 is 0 Å². The fourth-order valence-electron chi connectivity index (χ4n) is 2.44. The maximum Gasteiger partial charge on any atom is 0.257 e. The van der Waals surface area contributed by atoms with Crippen molar-refractivity contribution in [1.82, 2.24) is 24.7 Å². The number of anilines is 2. The van der Waals surface area contributed by atoms with Crippen molar-refractivity contribution in [3.05, 3.63) is 18.5 Å². The van der Waals surface area contributed by atoms with Crippen molar-refractivity contribution < 1.29 is 0 Å². The molecule has 0 saturated heterocycles. The molecule has 2 heterocycles. The Morgan fingerprint density at radius 1 is 1.35 bits per heavy atom. The molecular formula is C13H19N7. The molecule has 0 unspecified atom stereocenters. The topological polar surface area (TPSA) is 94.5 Å². The maximum atomic E-state index is 5.74. The molecule has 1 aliphatic carbocycles. The summed E-state index contributed by atoms with van der Waals surface area (Å²) in [5.41, 5.74) is 6.17. The number of aromatic nitrogens is 5. The summed E-state index contributed by atoms with van der Waals surface area (Å²) in [4.78, 5) is 12.6. The molecule has 0 spiro atoms. The summed E-state index contributed by atoms with van der Waals surface area (Å²) >= 11 is 0. The lowest BCUT2D eigenvalue weighted by Crippen LogP contribution is -2.18. The van der Waals surface area contributed by atoms with Gasteiger partial charge in [0.15, 0.2) is 0 Å². The number of hydrogen-bond acceptors (Lipinski definition) is 6. The minimum Gasteiger partial charge on any atom is -0.368 e. The molecule has 2 aromatic heterocycles. The zero-order chi connectivity index (χ0) is 14.0. The van der Waals surface area contributed by atoms with Gasteiger partial charge in [0.1, 0.15) is 0 Å². The number of nitrogens with zero attached hydrogens (tertiary/aromatic N) is 5. The standard InChI is InChI=1S/C13H19N7/c1-2-4-13(5-6-13)9-15-11-17-10(14)18-12(19-11)20-8-3-7-16-20/h3,7-8H,2,4-6,9H2,1H3,(H3,14,15,17,18,19). The van der Waals surface area contributed by atoms with Crippen molar-refractivity contribution in [2.75, 3.05) is 17.6 Å². The first kappa shape index (κ1) is 12.8. The Labute approximate surface area is 117 Å². The molecule has 1 aliphatic rings. The number of rotatable bonds is 6. The quantitative estimate of drug-likeness (QED) is 0.830. The summed E-state index contributed by atoms with van der Waals surface area (Å²) in [6, 6.07) is 1.81. The van der Waals surface area contributed by atoms with Gasteiger partial charge in [0.25, 0.3) is 5.95 Å². The van der Waals surface area contributed by atoms with Gasteiger partial charge >= 0.3 is 0 Å². The van der Waals surface area contributed by atoms with Crippen molar-refractivity contribution >= 4 is 11.9 Å². The highest BCUT2D eigenvalue weighted by Crippen LogP contribution is 2.49. The van der Waals surface area contributed by atoms with Crippen molar-refractivity contribution in [2.24, 2.45) is 5.41 Å². The van der Waals surface area contributed by atoms with Gasteiger partial charge in [-0.25, -0.2) is 4.68 Å². The van der Waals surface area contributed by atoms with E-state index in [-0.39, 0.29) is 5.95 Å². The number of nitrogens with two attached hydrogens (primary N) is 1. The van der Waals surface area contributed by atoms with Crippen molar-refractivity contribution in [3.63, 3.8) is 0 Å². The highest BCUT2D eigenvalue weighted by Gasteiger charge is 2.41. The molecule has 0 radical (unpaired) electrons. The Bertz CT molecular complexity index is 574. The first-order valence-corrected chi connectivity index (χ1v) is 6.96. The molecule has 0 aliphatic heterocycles. The van der Waals surface area contributed by atoms with Crippen LogP contribution in [0.5, 0.6) is 0 Å². The maximum absolute atomic E-state index is 5.74. The smallest absolute Gasteiger partial charge is 0.257 e. The average Bonchev–Trinajstić information content (AvgIpc) is 2.99. The van der Waals surface area contributed by atoms with Crippen LogP contribution in [0.15, 0.2) is 18.5 Å². The van der Waals surface area contributed by atoms with Crippen molar-refractivity contribution in [1.29, 1.82) is 0 Å². The molecular weight excluding hydrogens is 254 g/mol. The Morgan fingerprint density at radius 2 is 2.20 bits per heavy atom. The molecule has 0 amide bonds. The van der Waals surface area contributed by atoms with Crippen LogP contribution in [0.2, 0.25) is 0 Å². The lowest BCUT2D eigenvalue weighted by molar-refractivity contribution is 0.484. The van der Waals surface area contributed by atoms with Crippen LogP contribution in [0.3, 0.4) is 0 Å². The minimum absolute atomic E-state index is 0.202. The molecule has 1 fully saturated rings. The van der Waals surface area contributed by atoms with Crippen molar-refractivity contribution in [2.45, 2.75) is 32.6 Å². The van der Waals surface area contributed by atoms with Gasteiger partial charge in [-0.2, -0.15) is 20.1 Å². The second kappa shape index (κ2) is 5.07. The van der Waals surface area contributed by atoms with E-state index in [0.29, 0.717) is 17.3 Å². The molecule has 0 aromatic carbocycles. The normalized spacial score (nSPS) is 16.1. The van der Waals surface area contributed by atoms with Gasteiger partial charge in [0, 0.05) is 18.9 Å². The van der Waals surface area contributed by atoms with Crippen LogP contribution in [0.4, 0.5) is 11.9 Å². The molecule has 106 valence electrons. The third-order valence-electron chi connectivity index (χ3n) is 3.71. The molecule has 2 aromatic rings. The van der Waals surface area contributed by atoms with Crippen LogP contribution in [0.25, 0.3) is 5.95 Å². The van der Waals surface area contributed by atoms with Gasteiger partial charge in [-0.3, -0.25) is 0 Å². The number of nitrogens with one attached hydrogen (secondary N) is 1. The van der Waals surface area contributed by atoms with Crippen LogP contribution < -0.4 is 11.1 Å². The Balaban J connectivity index is 1.74. The van der Waals surface area contributed by atoms with Gasteiger partial charge in [0.2, 0.25) is 11.9 Å². The Hall–Kier alpha value is -2.18. The Morgan fingerprint density at radius 3 is 2.85 bits per heavy atom. The van der Waals surface area contributed by atoms with Gasteiger partial charge in [-0.05, 0) is 30.7 Å². The Kier molecular flexibility index (Phi) is 3.25. The molecule has 3 N–H and O–H groups in total. The van der Waals surface area contributed by atoms with E-state index in [4.69, 9.17) is 5.73 Å². The summed E-state index contributed by atoms with van der Waals surface area (Å²) < 4.78 is 1.57. The SMILES string of the molecule is CCCC1(CNc2nc(N)nc(-n3cccn3)n2)CC1. The van der Waals surface area contributed by atoms with E-state index in [0.717, 1.165) is 6.54 Å². The first-order chi connectivity index (χ1) is 9.71. The van der Waals surface area contributed by atoms with Gasteiger partial charge in [-0.1, -0.05) is 13.3 Å². The second-order valence-corrected chi connectivity index (χ2v) is 5.37. The molecule has 0 atom stereocenters. The predicted molar refractivity (Wildman–Crippen MR) is 76.4 cm³/mol.